The van der Waals surface area contributed by atoms with Gasteiger partial charge in [0.2, 0.25) is 0 Å². The zero-order valence-electron chi connectivity index (χ0n) is 11.8. The highest BCUT2D eigenvalue weighted by molar-refractivity contribution is 5.38. The summed E-state index contributed by atoms with van der Waals surface area (Å²) < 4.78 is 0. The summed E-state index contributed by atoms with van der Waals surface area (Å²) in [5.74, 6) is 1.09. The lowest BCUT2D eigenvalue weighted by Gasteiger charge is -2.34. The number of H-pyrrole nitrogens is 1. The second-order valence-electron chi connectivity index (χ2n) is 5.37. The van der Waals surface area contributed by atoms with Gasteiger partial charge in [-0.1, -0.05) is 6.07 Å². The Morgan fingerprint density at radius 3 is 2.85 bits per heavy atom. The first-order chi connectivity index (χ1) is 9.83. The molecule has 5 nitrogen and oxygen atoms in total. The number of rotatable bonds is 4. The van der Waals surface area contributed by atoms with Gasteiger partial charge in [0.25, 0.3) is 0 Å². The van der Waals surface area contributed by atoms with Gasteiger partial charge in [-0.25, -0.2) is 4.98 Å². The Morgan fingerprint density at radius 1 is 1.35 bits per heavy atom. The van der Waals surface area contributed by atoms with Gasteiger partial charge in [0, 0.05) is 43.1 Å². The minimum Gasteiger partial charge on any atom is -0.357 e. The topological polar surface area (TPSA) is 56.8 Å². The van der Waals surface area contributed by atoms with Gasteiger partial charge in [0.15, 0.2) is 0 Å². The third kappa shape index (κ3) is 2.99. The Kier molecular flexibility index (Phi) is 3.97. The molecular weight excluding hydrogens is 250 g/mol. The van der Waals surface area contributed by atoms with Crippen LogP contribution < -0.4 is 10.2 Å². The zero-order valence-corrected chi connectivity index (χ0v) is 11.8. The molecule has 0 aliphatic carbocycles. The van der Waals surface area contributed by atoms with E-state index in [1.807, 2.05) is 30.7 Å². The minimum absolute atomic E-state index is 0.347. The van der Waals surface area contributed by atoms with Crippen molar-refractivity contribution >= 4 is 5.82 Å². The first-order valence-electron chi connectivity index (χ1n) is 7.23. The molecule has 3 heterocycles. The Hall–Kier alpha value is -1.88. The van der Waals surface area contributed by atoms with Crippen LogP contribution in [0.5, 0.6) is 0 Å². The monoisotopic (exact) mass is 271 g/mol. The normalized spacial score (nSPS) is 18.1. The summed E-state index contributed by atoms with van der Waals surface area (Å²) in [4.78, 5) is 6.78. The number of nitrogens with one attached hydrogen (secondary N) is 2. The third-order valence-electron chi connectivity index (χ3n) is 3.97. The summed E-state index contributed by atoms with van der Waals surface area (Å²) in [5, 5.41) is 10.6. The molecule has 0 amide bonds. The van der Waals surface area contributed by atoms with Crippen molar-refractivity contribution in [2.24, 2.45) is 0 Å². The van der Waals surface area contributed by atoms with Gasteiger partial charge >= 0.3 is 0 Å². The second kappa shape index (κ2) is 6.05. The highest BCUT2D eigenvalue weighted by Crippen LogP contribution is 2.19. The maximum atomic E-state index is 4.42. The number of anilines is 1. The summed E-state index contributed by atoms with van der Waals surface area (Å²) in [6.45, 7) is 4.32. The highest BCUT2D eigenvalue weighted by Gasteiger charge is 2.21. The molecule has 0 bridgehead atoms. The molecule has 2 aromatic heterocycles. The van der Waals surface area contributed by atoms with Gasteiger partial charge in [0.1, 0.15) is 5.82 Å². The smallest absolute Gasteiger partial charge is 0.128 e. The van der Waals surface area contributed by atoms with Gasteiger partial charge in [0.05, 0.1) is 6.20 Å². The molecular formula is C15H21N5. The quantitative estimate of drug-likeness (QED) is 0.894. The van der Waals surface area contributed by atoms with Crippen molar-refractivity contribution in [3.63, 3.8) is 0 Å². The van der Waals surface area contributed by atoms with Crippen LogP contribution in [-0.4, -0.2) is 34.3 Å². The number of nitrogens with zero attached hydrogens (tertiary/aromatic N) is 3. The number of piperidine rings is 1. The average Bonchev–Trinajstić information content (AvgIpc) is 3.03. The summed E-state index contributed by atoms with van der Waals surface area (Å²) in [6.07, 6.45) is 8.01. The maximum Gasteiger partial charge on any atom is 0.128 e. The van der Waals surface area contributed by atoms with Crippen LogP contribution >= 0.6 is 0 Å². The number of hydrogen-bond acceptors (Lipinski definition) is 4. The first kappa shape index (κ1) is 13.1. The molecule has 2 aromatic rings. The van der Waals surface area contributed by atoms with E-state index in [-0.39, 0.29) is 0 Å². The van der Waals surface area contributed by atoms with Crippen LogP contribution in [0.2, 0.25) is 0 Å². The van der Waals surface area contributed by atoms with Gasteiger partial charge in [-0.3, -0.25) is 5.10 Å². The molecule has 3 rings (SSSR count). The van der Waals surface area contributed by atoms with E-state index in [9.17, 15) is 0 Å². The first-order valence-corrected chi connectivity index (χ1v) is 7.23. The molecule has 1 saturated heterocycles. The molecule has 1 atom stereocenters. The zero-order chi connectivity index (χ0) is 13.8. The van der Waals surface area contributed by atoms with Crippen LogP contribution in [-0.2, 0) is 0 Å². The number of hydrogen-bond donors (Lipinski definition) is 2. The van der Waals surface area contributed by atoms with E-state index in [1.54, 1.807) is 0 Å². The number of pyridine rings is 1. The number of aromatic nitrogens is 3. The molecule has 0 spiro atoms. The molecule has 1 aliphatic heterocycles. The van der Waals surface area contributed by atoms with Gasteiger partial charge < -0.3 is 10.2 Å². The molecule has 1 aliphatic rings. The Labute approximate surface area is 119 Å². The van der Waals surface area contributed by atoms with Crippen LogP contribution in [0.25, 0.3) is 0 Å². The van der Waals surface area contributed by atoms with E-state index >= 15 is 0 Å². The van der Waals surface area contributed by atoms with E-state index in [2.05, 4.69) is 38.4 Å². The standard InChI is InChI=1S/C15H21N5/c1-12(13-10-17-18-11-13)19-14-5-8-20(9-6-14)15-4-2-3-7-16-15/h2-4,7,10-12,14,19H,5-6,8-9H2,1H3,(H,17,18). The lowest BCUT2D eigenvalue weighted by Crippen LogP contribution is -2.43. The molecule has 1 unspecified atom stereocenters. The lowest BCUT2D eigenvalue weighted by molar-refractivity contribution is 0.380. The third-order valence-corrected chi connectivity index (χ3v) is 3.97. The fourth-order valence-electron chi connectivity index (χ4n) is 2.76. The van der Waals surface area contributed by atoms with Crippen LogP contribution in [0.3, 0.4) is 0 Å². The molecule has 0 saturated carbocycles. The van der Waals surface area contributed by atoms with E-state index in [4.69, 9.17) is 0 Å². The predicted octanol–water partition coefficient (Wildman–Crippen LogP) is 2.12. The summed E-state index contributed by atoms with van der Waals surface area (Å²) in [7, 11) is 0. The molecule has 106 valence electrons. The summed E-state index contributed by atoms with van der Waals surface area (Å²) in [5.41, 5.74) is 1.22. The van der Waals surface area contributed by atoms with Crippen LogP contribution in [0, 0.1) is 0 Å². The fraction of sp³-hybridized carbons (Fsp3) is 0.467. The van der Waals surface area contributed by atoms with Gasteiger partial charge in [-0.05, 0) is 31.9 Å². The summed E-state index contributed by atoms with van der Waals surface area (Å²) >= 11 is 0. The SMILES string of the molecule is CC(NC1CCN(c2ccccn2)CC1)c1cn[nH]c1. The van der Waals surface area contributed by atoms with E-state index < -0.39 is 0 Å². The van der Waals surface area contributed by atoms with Gasteiger partial charge in [-0.2, -0.15) is 5.10 Å². The Bertz CT molecular complexity index is 502. The van der Waals surface area contributed by atoms with Crippen molar-refractivity contribution in [2.45, 2.75) is 31.8 Å². The van der Waals surface area contributed by atoms with E-state index in [0.29, 0.717) is 12.1 Å². The molecule has 20 heavy (non-hydrogen) atoms. The van der Waals surface area contributed by atoms with Crippen molar-refractivity contribution in [2.75, 3.05) is 18.0 Å². The largest absolute Gasteiger partial charge is 0.357 e. The fourth-order valence-corrected chi connectivity index (χ4v) is 2.76. The Morgan fingerprint density at radius 2 is 2.20 bits per heavy atom. The van der Waals surface area contributed by atoms with Crippen LogP contribution in [0.1, 0.15) is 31.4 Å². The average molecular weight is 271 g/mol. The molecule has 2 N–H and O–H groups in total. The van der Waals surface area contributed by atoms with Crippen molar-refractivity contribution in [3.05, 3.63) is 42.4 Å². The van der Waals surface area contributed by atoms with Gasteiger partial charge in [-0.15, -0.1) is 0 Å². The minimum atomic E-state index is 0.347. The van der Waals surface area contributed by atoms with E-state index in [0.717, 1.165) is 31.7 Å². The van der Waals surface area contributed by atoms with Crippen molar-refractivity contribution < 1.29 is 0 Å². The molecule has 5 heteroatoms. The van der Waals surface area contributed by atoms with Crippen molar-refractivity contribution in [1.29, 1.82) is 0 Å². The summed E-state index contributed by atoms with van der Waals surface area (Å²) in [6, 6.07) is 7.01. The maximum absolute atomic E-state index is 4.42. The van der Waals surface area contributed by atoms with E-state index in [1.165, 1.54) is 5.56 Å². The van der Waals surface area contributed by atoms with Crippen molar-refractivity contribution in [1.82, 2.24) is 20.5 Å². The highest BCUT2D eigenvalue weighted by atomic mass is 15.2. The molecule has 1 fully saturated rings. The lowest BCUT2D eigenvalue weighted by atomic mass is 10.0. The second-order valence-corrected chi connectivity index (χ2v) is 5.37. The van der Waals surface area contributed by atoms with Crippen LogP contribution in [0.4, 0.5) is 5.82 Å². The number of aromatic amines is 1. The van der Waals surface area contributed by atoms with Crippen LogP contribution in [0.15, 0.2) is 36.8 Å². The molecule has 0 aromatic carbocycles. The predicted molar refractivity (Wildman–Crippen MR) is 79.6 cm³/mol. The van der Waals surface area contributed by atoms with Crippen molar-refractivity contribution in [3.8, 4) is 0 Å². The Balaban J connectivity index is 1.51. The molecule has 0 radical (unpaired) electrons.